The van der Waals surface area contributed by atoms with E-state index in [1.807, 2.05) is 31.2 Å². The molecule has 8 heteroatoms. The molecular weight excluding hydrogens is 512 g/mol. The van der Waals surface area contributed by atoms with E-state index in [0.717, 1.165) is 38.5 Å². The van der Waals surface area contributed by atoms with Crippen molar-refractivity contribution in [1.29, 1.82) is 5.26 Å². The van der Waals surface area contributed by atoms with Crippen molar-refractivity contribution in [2.75, 3.05) is 18.4 Å². The average molecular weight is 551 g/mol. The number of benzene rings is 1. The van der Waals surface area contributed by atoms with E-state index in [4.69, 9.17) is 12.2 Å². The lowest BCUT2D eigenvalue weighted by Gasteiger charge is -2.22. The highest BCUT2D eigenvalue weighted by Gasteiger charge is 2.34. The molecule has 6 nitrogen and oxygen atoms in total. The van der Waals surface area contributed by atoms with Crippen LogP contribution in [0.2, 0.25) is 0 Å². The van der Waals surface area contributed by atoms with Crippen molar-refractivity contribution < 1.29 is 4.79 Å². The summed E-state index contributed by atoms with van der Waals surface area (Å²) in [6.45, 7) is 9.82. The molecule has 1 aliphatic rings. The number of amides is 1. The molecule has 2 heterocycles. The van der Waals surface area contributed by atoms with Crippen molar-refractivity contribution in [3.8, 4) is 6.07 Å². The highest BCUT2D eigenvalue weighted by Crippen LogP contribution is 2.36. The van der Waals surface area contributed by atoms with Crippen molar-refractivity contribution in [3.63, 3.8) is 0 Å². The monoisotopic (exact) mass is 550 g/mol. The van der Waals surface area contributed by atoms with Crippen LogP contribution in [0.1, 0.15) is 75.1 Å². The van der Waals surface area contributed by atoms with Crippen LogP contribution in [0, 0.1) is 24.2 Å². The van der Waals surface area contributed by atoms with Gasteiger partial charge < -0.3 is 5.32 Å². The van der Waals surface area contributed by atoms with Crippen LogP contribution in [0.25, 0.3) is 6.08 Å². The Labute approximate surface area is 236 Å². The molecule has 2 aromatic rings. The number of thioether (sulfide) groups is 1. The van der Waals surface area contributed by atoms with E-state index in [-0.39, 0.29) is 17.0 Å². The quantitative estimate of drug-likeness (QED) is 0.226. The Morgan fingerprint density at radius 3 is 2.53 bits per heavy atom. The fourth-order valence-corrected chi connectivity index (χ4v) is 5.98. The van der Waals surface area contributed by atoms with Gasteiger partial charge in [0.1, 0.15) is 21.8 Å². The van der Waals surface area contributed by atoms with E-state index in [0.29, 0.717) is 51.7 Å². The average Bonchev–Trinajstić information content (AvgIpc) is 3.18. The minimum atomic E-state index is -0.305. The maximum Gasteiger partial charge on any atom is 0.270 e. The van der Waals surface area contributed by atoms with Gasteiger partial charge in [0.25, 0.3) is 11.5 Å². The van der Waals surface area contributed by atoms with Crippen LogP contribution in [0.5, 0.6) is 0 Å². The SMILES string of the molecule is CCCCC(CC)CN1C(=O)/C(=C\c2c(C)c(C#N)c(=O)n(CCC)c2NCCc2ccccc2)SC1=S. The molecule has 0 spiro atoms. The molecule has 0 radical (unpaired) electrons. The van der Waals surface area contributed by atoms with Gasteiger partial charge in [0.15, 0.2) is 0 Å². The first kappa shape index (κ1) is 29.7. The number of carbonyl (C=O) groups is 1. The second kappa shape index (κ2) is 14.3. The maximum atomic E-state index is 13.5. The predicted octanol–water partition coefficient (Wildman–Crippen LogP) is 6.51. The summed E-state index contributed by atoms with van der Waals surface area (Å²) in [6.07, 6.45) is 7.66. The third kappa shape index (κ3) is 6.95. The van der Waals surface area contributed by atoms with Gasteiger partial charge in [-0.2, -0.15) is 5.26 Å². The fourth-order valence-electron chi connectivity index (χ4n) is 4.72. The Morgan fingerprint density at radius 2 is 1.89 bits per heavy atom. The highest BCUT2D eigenvalue weighted by molar-refractivity contribution is 8.26. The number of carbonyl (C=O) groups excluding carboxylic acids is 1. The Bertz CT molecular complexity index is 1280. The summed E-state index contributed by atoms with van der Waals surface area (Å²) in [4.78, 5) is 29.0. The molecule has 1 fully saturated rings. The zero-order valence-corrected chi connectivity index (χ0v) is 24.5. The Hall–Kier alpha value is -2.89. The molecule has 3 rings (SSSR count). The number of nitriles is 1. The Balaban J connectivity index is 2.00. The zero-order chi connectivity index (χ0) is 27.7. The normalized spacial score (nSPS) is 15.2. The lowest BCUT2D eigenvalue weighted by molar-refractivity contribution is -0.122. The third-order valence-corrected chi connectivity index (χ3v) is 8.38. The van der Waals surface area contributed by atoms with E-state index in [9.17, 15) is 14.9 Å². The summed E-state index contributed by atoms with van der Waals surface area (Å²) in [5.74, 6) is 0.950. The summed E-state index contributed by atoms with van der Waals surface area (Å²) in [5.41, 5.74) is 2.26. The number of nitrogens with one attached hydrogen (secondary N) is 1. The van der Waals surface area contributed by atoms with Gasteiger partial charge in [-0.15, -0.1) is 0 Å². The fraction of sp³-hybridized carbons (Fsp3) is 0.467. The first-order valence-electron chi connectivity index (χ1n) is 13.6. The van der Waals surface area contributed by atoms with E-state index in [1.54, 1.807) is 16.4 Å². The lowest BCUT2D eigenvalue weighted by Crippen LogP contribution is -2.33. The van der Waals surface area contributed by atoms with Gasteiger partial charge in [0.2, 0.25) is 0 Å². The standard InChI is InChI=1S/C30H38N4O2S2/c1-5-8-12-22(7-3)20-34-29(36)26(38-30(34)37)18-24-21(4)25(19-31)28(35)33(17-6-2)27(24)32-16-15-23-13-10-9-11-14-23/h9-11,13-14,18,22,32H,5-8,12,15-17,20H2,1-4H3/b26-18+. The number of rotatable bonds is 13. The Kier molecular flexibility index (Phi) is 11.2. The van der Waals surface area contributed by atoms with Crippen molar-refractivity contribution >= 4 is 46.1 Å². The molecule has 1 aromatic heterocycles. The number of aromatic nitrogens is 1. The number of unbranched alkanes of at least 4 members (excludes halogenated alkanes) is 1. The summed E-state index contributed by atoms with van der Waals surface area (Å²) in [6, 6.07) is 12.2. The van der Waals surface area contributed by atoms with Gasteiger partial charge >= 0.3 is 0 Å². The molecule has 1 unspecified atom stereocenters. The molecule has 0 saturated carbocycles. The molecule has 202 valence electrons. The van der Waals surface area contributed by atoms with Crippen molar-refractivity contribution in [3.05, 3.63) is 67.8 Å². The van der Waals surface area contributed by atoms with Crippen LogP contribution in [-0.4, -0.2) is 32.8 Å². The largest absolute Gasteiger partial charge is 0.371 e. The second-order valence-electron chi connectivity index (χ2n) is 9.70. The molecule has 1 aromatic carbocycles. The molecule has 0 bridgehead atoms. The number of hydrogen-bond donors (Lipinski definition) is 1. The van der Waals surface area contributed by atoms with Crippen molar-refractivity contribution in [2.24, 2.45) is 5.92 Å². The molecule has 0 aliphatic carbocycles. The topological polar surface area (TPSA) is 78.1 Å². The summed E-state index contributed by atoms with van der Waals surface area (Å²) in [7, 11) is 0. The molecule has 38 heavy (non-hydrogen) atoms. The first-order valence-corrected chi connectivity index (χ1v) is 14.8. The highest BCUT2D eigenvalue weighted by atomic mass is 32.2. The van der Waals surface area contributed by atoms with E-state index < -0.39 is 0 Å². The number of nitrogens with zero attached hydrogens (tertiary/aromatic N) is 3. The summed E-state index contributed by atoms with van der Waals surface area (Å²) >= 11 is 6.92. The maximum absolute atomic E-state index is 13.5. The minimum Gasteiger partial charge on any atom is -0.371 e. The van der Waals surface area contributed by atoms with Crippen molar-refractivity contribution in [2.45, 2.75) is 72.8 Å². The van der Waals surface area contributed by atoms with Crippen LogP contribution in [0.4, 0.5) is 5.82 Å². The van der Waals surface area contributed by atoms with Crippen LogP contribution in [0.3, 0.4) is 0 Å². The van der Waals surface area contributed by atoms with Gasteiger partial charge in [-0.1, -0.05) is 94.3 Å². The second-order valence-corrected chi connectivity index (χ2v) is 11.4. The molecule has 1 N–H and O–H groups in total. The third-order valence-electron chi connectivity index (χ3n) is 7.00. The van der Waals surface area contributed by atoms with Crippen LogP contribution >= 0.6 is 24.0 Å². The Morgan fingerprint density at radius 1 is 1.16 bits per heavy atom. The van der Waals surface area contributed by atoms with E-state index in [1.165, 1.54) is 17.3 Å². The number of anilines is 1. The molecule has 1 atom stereocenters. The number of thiocarbonyl (C=S) groups is 1. The predicted molar refractivity (Wildman–Crippen MR) is 162 cm³/mol. The van der Waals surface area contributed by atoms with Gasteiger partial charge in [-0.25, -0.2) is 0 Å². The smallest absolute Gasteiger partial charge is 0.270 e. The van der Waals surface area contributed by atoms with Gasteiger partial charge in [-0.3, -0.25) is 19.1 Å². The van der Waals surface area contributed by atoms with Gasteiger partial charge in [-0.05, 0) is 49.3 Å². The number of hydrogen-bond acceptors (Lipinski definition) is 6. The molecule has 1 amide bonds. The number of pyridine rings is 1. The molecule has 1 aliphatic heterocycles. The van der Waals surface area contributed by atoms with Crippen LogP contribution in [0.15, 0.2) is 40.0 Å². The van der Waals surface area contributed by atoms with Crippen molar-refractivity contribution in [1.82, 2.24) is 9.47 Å². The van der Waals surface area contributed by atoms with Crippen LogP contribution in [-0.2, 0) is 17.8 Å². The summed E-state index contributed by atoms with van der Waals surface area (Å²) in [5, 5.41) is 13.3. The van der Waals surface area contributed by atoms with E-state index >= 15 is 0 Å². The first-order chi connectivity index (χ1) is 18.4. The van der Waals surface area contributed by atoms with Gasteiger partial charge in [0, 0.05) is 25.2 Å². The van der Waals surface area contributed by atoms with Crippen LogP contribution < -0.4 is 10.9 Å². The lowest BCUT2D eigenvalue weighted by atomic mass is 9.99. The minimum absolute atomic E-state index is 0.101. The van der Waals surface area contributed by atoms with E-state index in [2.05, 4.69) is 37.4 Å². The molecular formula is C30H38N4O2S2. The van der Waals surface area contributed by atoms with Gasteiger partial charge in [0.05, 0.1) is 4.91 Å². The zero-order valence-electron chi connectivity index (χ0n) is 22.9. The summed E-state index contributed by atoms with van der Waals surface area (Å²) < 4.78 is 2.20. The molecule has 1 saturated heterocycles.